The fourth-order valence-corrected chi connectivity index (χ4v) is 2.70. The van der Waals surface area contributed by atoms with Crippen LogP contribution in [-0.2, 0) is 0 Å². The predicted octanol–water partition coefficient (Wildman–Crippen LogP) is 3.85. The molecule has 0 aliphatic carbocycles. The summed E-state index contributed by atoms with van der Waals surface area (Å²) in [5.74, 6) is 0. The Hall–Kier alpha value is 0.01000. The van der Waals surface area contributed by atoms with Gasteiger partial charge >= 0.3 is 0 Å². The van der Waals surface area contributed by atoms with Crippen molar-refractivity contribution in [3.05, 3.63) is 34.3 Å². The molecule has 2 nitrogen and oxygen atoms in total. The van der Waals surface area contributed by atoms with Gasteiger partial charge in [0.15, 0.2) is 0 Å². The third kappa shape index (κ3) is 4.80. The van der Waals surface area contributed by atoms with E-state index in [-0.39, 0.29) is 24.8 Å². The van der Waals surface area contributed by atoms with Crippen molar-refractivity contribution in [3.63, 3.8) is 0 Å². The van der Waals surface area contributed by atoms with Crippen LogP contribution in [0.2, 0.25) is 5.02 Å². The third-order valence-corrected chi connectivity index (χ3v) is 3.97. The molecule has 0 aromatic heterocycles. The summed E-state index contributed by atoms with van der Waals surface area (Å²) in [6.45, 7) is 8.75. The molecule has 1 N–H and O–H groups in total. The molecule has 1 fully saturated rings. The average Bonchev–Trinajstić information content (AvgIpc) is 2.36. The number of halogens is 3. The summed E-state index contributed by atoms with van der Waals surface area (Å²) in [6.07, 6.45) is 1.14. The van der Waals surface area contributed by atoms with E-state index >= 15 is 0 Å². The van der Waals surface area contributed by atoms with E-state index in [9.17, 15) is 0 Å². The van der Waals surface area contributed by atoms with Crippen molar-refractivity contribution in [2.75, 3.05) is 26.2 Å². The molecule has 1 aromatic rings. The molecule has 19 heavy (non-hydrogen) atoms. The van der Waals surface area contributed by atoms with Crippen LogP contribution in [0.25, 0.3) is 0 Å². The fraction of sp³-hybridized carbons (Fsp3) is 0.571. The first-order valence-corrected chi connectivity index (χ1v) is 6.81. The minimum absolute atomic E-state index is 0. The maximum Gasteiger partial charge on any atom is 0.0438 e. The first-order valence-electron chi connectivity index (χ1n) is 6.43. The van der Waals surface area contributed by atoms with Crippen LogP contribution in [0, 0.1) is 6.92 Å². The number of nitrogens with zero attached hydrogens (tertiary/aromatic N) is 1. The number of piperazine rings is 1. The number of aryl methyl sites for hydroxylation is 1. The van der Waals surface area contributed by atoms with Gasteiger partial charge in [-0.05, 0) is 30.5 Å². The van der Waals surface area contributed by atoms with Crippen LogP contribution in [0.1, 0.15) is 30.5 Å². The Morgan fingerprint density at radius 2 is 1.89 bits per heavy atom. The van der Waals surface area contributed by atoms with Crippen molar-refractivity contribution in [2.45, 2.75) is 26.3 Å². The molecule has 1 atom stereocenters. The van der Waals surface area contributed by atoms with E-state index in [1.165, 1.54) is 5.56 Å². The van der Waals surface area contributed by atoms with Crippen LogP contribution in [0.5, 0.6) is 0 Å². The molecule has 0 saturated carbocycles. The van der Waals surface area contributed by atoms with Crippen molar-refractivity contribution in [3.8, 4) is 0 Å². The lowest BCUT2D eigenvalue weighted by Crippen LogP contribution is -2.45. The quantitative estimate of drug-likeness (QED) is 0.908. The van der Waals surface area contributed by atoms with Crippen molar-refractivity contribution < 1.29 is 0 Å². The van der Waals surface area contributed by atoms with Gasteiger partial charge in [-0.25, -0.2) is 0 Å². The Bertz CT molecular complexity index is 379. The van der Waals surface area contributed by atoms with Crippen molar-refractivity contribution >= 4 is 36.4 Å². The molecule has 0 amide bonds. The second kappa shape index (κ2) is 9.04. The van der Waals surface area contributed by atoms with Gasteiger partial charge in [0.1, 0.15) is 0 Å². The molecule has 1 saturated heterocycles. The molecule has 1 heterocycles. The van der Waals surface area contributed by atoms with Gasteiger partial charge in [-0.1, -0.05) is 30.7 Å². The molecule has 0 radical (unpaired) electrons. The minimum atomic E-state index is 0. The molecule has 5 heteroatoms. The summed E-state index contributed by atoms with van der Waals surface area (Å²) in [4.78, 5) is 2.55. The topological polar surface area (TPSA) is 15.3 Å². The Kier molecular flexibility index (Phi) is 9.04. The van der Waals surface area contributed by atoms with Gasteiger partial charge in [-0.3, -0.25) is 4.90 Å². The highest BCUT2D eigenvalue weighted by molar-refractivity contribution is 6.31. The Labute approximate surface area is 133 Å². The van der Waals surface area contributed by atoms with Gasteiger partial charge in [0.2, 0.25) is 0 Å². The van der Waals surface area contributed by atoms with E-state index < -0.39 is 0 Å². The van der Waals surface area contributed by atoms with Crippen LogP contribution in [-0.4, -0.2) is 31.1 Å². The normalized spacial score (nSPS) is 17.2. The Morgan fingerprint density at radius 1 is 1.26 bits per heavy atom. The molecule has 110 valence electrons. The van der Waals surface area contributed by atoms with Crippen molar-refractivity contribution in [2.24, 2.45) is 0 Å². The van der Waals surface area contributed by atoms with E-state index in [0.717, 1.165) is 43.2 Å². The smallest absolute Gasteiger partial charge is 0.0438 e. The molecular weight excluding hydrogens is 303 g/mol. The standard InChI is InChI=1S/C14H21ClN2.2ClH/c1-3-14(17-8-6-16-7-9-17)12-5-4-11(2)13(15)10-12;;/h4-5,10,14,16H,3,6-9H2,1-2H3;2*1H/t14-;;/m0../s1. The van der Waals surface area contributed by atoms with Gasteiger partial charge in [0.05, 0.1) is 0 Å². The lowest BCUT2D eigenvalue weighted by molar-refractivity contribution is 0.169. The molecular formula is C14H23Cl3N2. The van der Waals surface area contributed by atoms with Gasteiger partial charge < -0.3 is 5.32 Å². The maximum atomic E-state index is 6.22. The molecule has 0 bridgehead atoms. The summed E-state index contributed by atoms with van der Waals surface area (Å²) in [6, 6.07) is 6.99. The molecule has 1 aliphatic heterocycles. The zero-order valence-electron chi connectivity index (χ0n) is 11.5. The SMILES string of the molecule is CC[C@@H](c1ccc(C)c(Cl)c1)N1CCNCC1.Cl.Cl. The molecule has 1 aromatic carbocycles. The number of rotatable bonds is 3. The molecule has 0 unspecified atom stereocenters. The van der Waals surface area contributed by atoms with Crippen LogP contribution in [0.15, 0.2) is 18.2 Å². The van der Waals surface area contributed by atoms with Crippen LogP contribution < -0.4 is 5.32 Å². The van der Waals surface area contributed by atoms with Crippen LogP contribution >= 0.6 is 36.4 Å². The zero-order valence-corrected chi connectivity index (χ0v) is 13.9. The second-order valence-electron chi connectivity index (χ2n) is 4.72. The first-order chi connectivity index (χ1) is 8.22. The predicted molar refractivity (Wildman–Crippen MR) is 88.2 cm³/mol. The number of hydrogen-bond acceptors (Lipinski definition) is 2. The maximum absolute atomic E-state index is 6.22. The summed E-state index contributed by atoms with van der Waals surface area (Å²) < 4.78 is 0. The van der Waals surface area contributed by atoms with Gasteiger partial charge in [-0.15, -0.1) is 24.8 Å². The van der Waals surface area contributed by atoms with E-state index in [0.29, 0.717) is 6.04 Å². The Morgan fingerprint density at radius 3 is 2.42 bits per heavy atom. The Balaban J connectivity index is 0.00000162. The molecule has 2 rings (SSSR count). The number of nitrogens with one attached hydrogen (secondary N) is 1. The second-order valence-corrected chi connectivity index (χ2v) is 5.13. The summed E-state index contributed by atoms with van der Waals surface area (Å²) >= 11 is 6.22. The van der Waals surface area contributed by atoms with Crippen LogP contribution in [0.4, 0.5) is 0 Å². The summed E-state index contributed by atoms with van der Waals surface area (Å²) in [7, 11) is 0. The minimum Gasteiger partial charge on any atom is -0.314 e. The number of hydrogen-bond donors (Lipinski definition) is 1. The highest BCUT2D eigenvalue weighted by Crippen LogP contribution is 2.28. The monoisotopic (exact) mass is 324 g/mol. The largest absolute Gasteiger partial charge is 0.314 e. The van der Waals surface area contributed by atoms with E-state index in [1.807, 2.05) is 0 Å². The molecule has 0 spiro atoms. The third-order valence-electron chi connectivity index (χ3n) is 3.56. The van der Waals surface area contributed by atoms with Crippen molar-refractivity contribution in [1.29, 1.82) is 0 Å². The van der Waals surface area contributed by atoms with E-state index in [1.54, 1.807) is 0 Å². The first kappa shape index (κ1) is 19.0. The van der Waals surface area contributed by atoms with Crippen LogP contribution in [0.3, 0.4) is 0 Å². The van der Waals surface area contributed by atoms with E-state index in [4.69, 9.17) is 11.6 Å². The molecule has 1 aliphatic rings. The van der Waals surface area contributed by atoms with Gasteiger partial charge in [0, 0.05) is 37.2 Å². The highest BCUT2D eigenvalue weighted by atomic mass is 35.5. The highest BCUT2D eigenvalue weighted by Gasteiger charge is 2.20. The summed E-state index contributed by atoms with van der Waals surface area (Å²) in [5, 5.41) is 4.28. The fourth-order valence-electron chi connectivity index (χ4n) is 2.51. The number of benzene rings is 1. The van der Waals surface area contributed by atoms with Gasteiger partial charge in [-0.2, -0.15) is 0 Å². The zero-order chi connectivity index (χ0) is 12.3. The lowest BCUT2D eigenvalue weighted by Gasteiger charge is -2.34. The average molecular weight is 326 g/mol. The lowest BCUT2D eigenvalue weighted by atomic mass is 10.0. The summed E-state index contributed by atoms with van der Waals surface area (Å²) in [5.41, 5.74) is 2.51. The van der Waals surface area contributed by atoms with Crippen molar-refractivity contribution in [1.82, 2.24) is 10.2 Å². The van der Waals surface area contributed by atoms with Gasteiger partial charge in [0.25, 0.3) is 0 Å². The van der Waals surface area contributed by atoms with E-state index in [2.05, 4.69) is 42.3 Å².